The molecule has 2 aromatic rings. The van der Waals surface area contributed by atoms with Crippen LogP contribution in [-0.2, 0) is 13.0 Å². The Balaban J connectivity index is 2.16. The second kappa shape index (κ2) is 6.22. The fraction of sp³-hybridized carbons (Fsp3) is 0.400. The molecule has 0 radical (unpaired) electrons. The van der Waals surface area contributed by atoms with Crippen molar-refractivity contribution in [1.29, 1.82) is 0 Å². The molecule has 1 N–H and O–H groups in total. The first-order valence-corrected chi connectivity index (χ1v) is 6.93. The molecule has 19 heavy (non-hydrogen) atoms. The molecule has 4 heteroatoms. The SMILES string of the molecule is CCCn1ccnc1CC(O)c1ccc(C)cc1Cl. The van der Waals surface area contributed by atoms with Crippen LogP contribution in [0.1, 0.15) is 36.4 Å². The van der Waals surface area contributed by atoms with Crippen molar-refractivity contribution < 1.29 is 5.11 Å². The summed E-state index contributed by atoms with van der Waals surface area (Å²) in [5.41, 5.74) is 1.85. The van der Waals surface area contributed by atoms with E-state index in [1.54, 1.807) is 6.20 Å². The maximum Gasteiger partial charge on any atom is 0.111 e. The van der Waals surface area contributed by atoms with Crippen LogP contribution >= 0.6 is 11.6 Å². The highest BCUT2D eigenvalue weighted by molar-refractivity contribution is 6.31. The van der Waals surface area contributed by atoms with Crippen LogP contribution < -0.4 is 0 Å². The molecule has 0 aliphatic rings. The van der Waals surface area contributed by atoms with Crippen molar-refractivity contribution in [3.05, 3.63) is 52.6 Å². The first kappa shape index (κ1) is 14.1. The Kier molecular flexibility index (Phi) is 4.61. The molecule has 102 valence electrons. The number of hydrogen-bond acceptors (Lipinski definition) is 2. The molecular weight excluding hydrogens is 260 g/mol. The molecule has 1 aromatic heterocycles. The van der Waals surface area contributed by atoms with E-state index in [9.17, 15) is 5.11 Å². The number of imidazole rings is 1. The minimum atomic E-state index is -0.619. The summed E-state index contributed by atoms with van der Waals surface area (Å²) in [5, 5.41) is 10.9. The van der Waals surface area contributed by atoms with Gasteiger partial charge in [-0.2, -0.15) is 0 Å². The Hall–Kier alpha value is -1.32. The summed E-state index contributed by atoms with van der Waals surface area (Å²) in [4.78, 5) is 4.31. The molecule has 0 fully saturated rings. The van der Waals surface area contributed by atoms with Crippen LogP contribution in [0, 0.1) is 6.92 Å². The number of hydrogen-bond donors (Lipinski definition) is 1. The van der Waals surface area contributed by atoms with Gasteiger partial charge in [-0.25, -0.2) is 4.98 Å². The first-order valence-electron chi connectivity index (χ1n) is 6.56. The molecule has 0 aliphatic carbocycles. The third-order valence-electron chi connectivity index (χ3n) is 3.16. The molecule has 0 amide bonds. The van der Waals surface area contributed by atoms with E-state index in [1.807, 2.05) is 31.3 Å². The zero-order valence-electron chi connectivity index (χ0n) is 11.3. The third-order valence-corrected chi connectivity index (χ3v) is 3.48. The third kappa shape index (κ3) is 3.37. The van der Waals surface area contributed by atoms with Crippen LogP contribution in [0.25, 0.3) is 0 Å². The molecule has 0 aliphatic heterocycles. The molecular formula is C15H19ClN2O. The van der Waals surface area contributed by atoms with Gasteiger partial charge in [-0.3, -0.25) is 0 Å². The second-order valence-electron chi connectivity index (χ2n) is 4.78. The molecule has 1 unspecified atom stereocenters. The molecule has 1 atom stereocenters. The van der Waals surface area contributed by atoms with Crippen molar-refractivity contribution in [2.24, 2.45) is 0 Å². The fourth-order valence-corrected chi connectivity index (χ4v) is 2.52. The molecule has 2 rings (SSSR count). The van der Waals surface area contributed by atoms with Gasteiger partial charge in [0.2, 0.25) is 0 Å². The number of aromatic nitrogens is 2. The number of aliphatic hydroxyl groups is 1. The van der Waals surface area contributed by atoms with E-state index in [0.29, 0.717) is 11.4 Å². The fourth-order valence-electron chi connectivity index (χ4n) is 2.16. The number of rotatable bonds is 5. The standard InChI is InChI=1S/C15H19ClN2O/c1-3-7-18-8-6-17-15(18)10-14(19)12-5-4-11(2)9-13(12)16/h4-6,8-9,14,19H,3,7,10H2,1-2H3. The lowest BCUT2D eigenvalue weighted by molar-refractivity contribution is 0.174. The van der Waals surface area contributed by atoms with E-state index < -0.39 is 6.10 Å². The highest BCUT2D eigenvalue weighted by atomic mass is 35.5. The molecule has 0 spiro atoms. The minimum absolute atomic E-state index is 0.482. The summed E-state index contributed by atoms with van der Waals surface area (Å²) in [7, 11) is 0. The smallest absolute Gasteiger partial charge is 0.111 e. The Morgan fingerprint density at radius 3 is 2.89 bits per heavy atom. The Morgan fingerprint density at radius 1 is 1.42 bits per heavy atom. The van der Waals surface area contributed by atoms with Crippen LogP contribution in [0.5, 0.6) is 0 Å². The van der Waals surface area contributed by atoms with Gasteiger partial charge in [-0.1, -0.05) is 30.7 Å². The highest BCUT2D eigenvalue weighted by Gasteiger charge is 2.15. The monoisotopic (exact) mass is 278 g/mol. The van der Waals surface area contributed by atoms with Gasteiger partial charge >= 0.3 is 0 Å². The number of nitrogens with zero attached hydrogens (tertiary/aromatic N) is 2. The van der Waals surface area contributed by atoms with E-state index in [-0.39, 0.29) is 0 Å². The van der Waals surface area contributed by atoms with Gasteiger partial charge in [0.25, 0.3) is 0 Å². The topological polar surface area (TPSA) is 38.0 Å². The van der Waals surface area contributed by atoms with E-state index >= 15 is 0 Å². The molecule has 1 heterocycles. The molecule has 0 saturated carbocycles. The zero-order chi connectivity index (χ0) is 13.8. The molecule has 0 bridgehead atoms. The van der Waals surface area contributed by atoms with Crippen LogP contribution in [0.4, 0.5) is 0 Å². The lowest BCUT2D eigenvalue weighted by Gasteiger charge is -2.14. The van der Waals surface area contributed by atoms with Crippen molar-refractivity contribution in [1.82, 2.24) is 9.55 Å². The summed E-state index contributed by atoms with van der Waals surface area (Å²) >= 11 is 6.18. The van der Waals surface area contributed by atoms with Gasteiger partial charge in [-0.15, -0.1) is 0 Å². The van der Waals surface area contributed by atoms with Crippen molar-refractivity contribution in [3.63, 3.8) is 0 Å². The second-order valence-corrected chi connectivity index (χ2v) is 5.19. The van der Waals surface area contributed by atoms with Gasteiger partial charge in [0.1, 0.15) is 5.82 Å². The van der Waals surface area contributed by atoms with Crippen LogP contribution in [0.15, 0.2) is 30.6 Å². The maximum atomic E-state index is 10.3. The summed E-state index contributed by atoms with van der Waals surface area (Å²) in [6, 6.07) is 5.72. The summed E-state index contributed by atoms with van der Waals surface area (Å²) in [5.74, 6) is 0.894. The lowest BCUT2D eigenvalue weighted by Crippen LogP contribution is -2.09. The lowest BCUT2D eigenvalue weighted by atomic mass is 10.0. The van der Waals surface area contributed by atoms with Crippen LogP contribution in [0.3, 0.4) is 0 Å². The van der Waals surface area contributed by atoms with E-state index in [1.165, 1.54) is 0 Å². The van der Waals surface area contributed by atoms with Crippen molar-refractivity contribution in [3.8, 4) is 0 Å². The van der Waals surface area contributed by atoms with Crippen LogP contribution in [0.2, 0.25) is 5.02 Å². The quantitative estimate of drug-likeness (QED) is 0.909. The normalized spacial score (nSPS) is 12.6. The average molecular weight is 279 g/mol. The van der Waals surface area contributed by atoms with Gasteiger partial charge in [-0.05, 0) is 30.5 Å². The number of benzene rings is 1. The number of halogens is 1. The van der Waals surface area contributed by atoms with Crippen molar-refractivity contribution in [2.45, 2.75) is 39.3 Å². The predicted octanol–water partition coefficient (Wildman–Crippen LogP) is 3.53. The average Bonchev–Trinajstić information content (AvgIpc) is 2.77. The van der Waals surface area contributed by atoms with E-state index in [2.05, 4.69) is 16.5 Å². The summed E-state index contributed by atoms with van der Waals surface area (Å²) < 4.78 is 2.07. The minimum Gasteiger partial charge on any atom is -0.388 e. The molecule has 1 aromatic carbocycles. The van der Waals surface area contributed by atoms with Crippen LogP contribution in [-0.4, -0.2) is 14.7 Å². The van der Waals surface area contributed by atoms with Gasteiger partial charge in [0, 0.05) is 30.4 Å². The largest absolute Gasteiger partial charge is 0.388 e. The molecule has 3 nitrogen and oxygen atoms in total. The first-order chi connectivity index (χ1) is 9.11. The van der Waals surface area contributed by atoms with Gasteiger partial charge < -0.3 is 9.67 Å². The van der Waals surface area contributed by atoms with Crippen molar-refractivity contribution >= 4 is 11.6 Å². The highest BCUT2D eigenvalue weighted by Crippen LogP contribution is 2.26. The summed E-state index contributed by atoms with van der Waals surface area (Å²) in [6.07, 6.45) is 4.63. The Morgan fingerprint density at radius 2 is 2.21 bits per heavy atom. The molecule has 0 saturated heterocycles. The predicted molar refractivity (Wildman–Crippen MR) is 77.4 cm³/mol. The van der Waals surface area contributed by atoms with Gasteiger partial charge in [0.15, 0.2) is 0 Å². The number of aliphatic hydroxyl groups excluding tert-OH is 1. The zero-order valence-corrected chi connectivity index (χ0v) is 12.1. The van der Waals surface area contributed by atoms with Crippen molar-refractivity contribution in [2.75, 3.05) is 0 Å². The summed E-state index contributed by atoms with van der Waals surface area (Å²) in [6.45, 7) is 5.02. The van der Waals surface area contributed by atoms with E-state index in [4.69, 9.17) is 11.6 Å². The van der Waals surface area contributed by atoms with Gasteiger partial charge in [0.05, 0.1) is 6.10 Å². The number of aryl methyl sites for hydroxylation is 2. The maximum absolute atomic E-state index is 10.3. The Labute approximate surface area is 118 Å². The van der Waals surface area contributed by atoms with E-state index in [0.717, 1.165) is 29.9 Å². The Bertz CT molecular complexity index is 551.